The summed E-state index contributed by atoms with van der Waals surface area (Å²) in [6.45, 7) is 8.05. The van der Waals surface area contributed by atoms with Crippen LogP contribution < -0.4 is 10.1 Å². The van der Waals surface area contributed by atoms with Gasteiger partial charge >= 0.3 is 0 Å². The third-order valence-corrected chi connectivity index (χ3v) is 3.79. The molecule has 4 heteroatoms. The number of likely N-dealkylation sites (N-methyl/N-ethyl adjacent to an activating group) is 1. The number of rotatable bonds is 5. The van der Waals surface area contributed by atoms with Crippen molar-refractivity contribution in [2.45, 2.75) is 25.5 Å². The second-order valence-corrected chi connectivity index (χ2v) is 5.96. The van der Waals surface area contributed by atoms with E-state index in [1.54, 1.807) is 7.11 Å². The molecule has 2 rings (SSSR count). The number of hydrogen-bond acceptors (Lipinski definition) is 4. The van der Waals surface area contributed by atoms with Gasteiger partial charge in [-0.2, -0.15) is 0 Å². The van der Waals surface area contributed by atoms with Crippen molar-refractivity contribution < 1.29 is 9.47 Å². The third-order valence-electron chi connectivity index (χ3n) is 3.79. The molecule has 1 aromatic rings. The second kappa shape index (κ2) is 6.57. The van der Waals surface area contributed by atoms with Gasteiger partial charge in [0, 0.05) is 25.7 Å². The summed E-state index contributed by atoms with van der Waals surface area (Å²) >= 11 is 0. The zero-order valence-electron chi connectivity index (χ0n) is 13.0. The summed E-state index contributed by atoms with van der Waals surface area (Å²) in [5.74, 6) is 0.907. The van der Waals surface area contributed by atoms with E-state index in [0.29, 0.717) is 6.04 Å². The number of nitrogens with zero attached hydrogens (tertiary/aromatic N) is 1. The maximum absolute atomic E-state index is 5.77. The van der Waals surface area contributed by atoms with E-state index in [2.05, 4.69) is 36.2 Å². The summed E-state index contributed by atoms with van der Waals surface area (Å²) in [5.41, 5.74) is 1.21. The molecule has 1 unspecified atom stereocenters. The van der Waals surface area contributed by atoms with Crippen molar-refractivity contribution in [3.05, 3.63) is 29.8 Å². The Morgan fingerprint density at radius 3 is 2.90 bits per heavy atom. The summed E-state index contributed by atoms with van der Waals surface area (Å²) < 4.78 is 11.1. The van der Waals surface area contributed by atoms with E-state index in [9.17, 15) is 0 Å². The quantitative estimate of drug-likeness (QED) is 0.894. The Morgan fingerprint density at radius 1 is 1.45 bits per heavy atom. The van der Waals surface area contributed by atoms with Gasteiger partial charge in [-0.3, -0.25) is 4.90 Å². The molecule has 1 N–H and O–H groups in total. The van der Waals surface area contributed by atoms with Crippen LogP contribution >= 0.6 is 0 Å². The van der Waals surface area contributed by atoms with E-state index in [-0.39, 0.29) is 5.60 Å². The van der Waals surface area contributed by atoms with Gasteiger partial charge in [-0.25, -0.2) is 0 Å². The van der Waals surface area contributed by atoms with Crippen LogP contribution in [0.4, 0.5) is 0 Å². The molecule has 112 valence electrons. The van der Waals surface area contributed by atoms with Gasteiger partial charge in [-0.05, 0) is 38.6 Å². The molecule has 0 amide bonds. The fourth-order valence-electron chi connectivity index (χ4n) is 2.75. The van der Waals surface area contributed by atoms with Crippen LogP contribution in [0.15, 0.2) is 24.3 Å². The normalized spacial score (nSPS) is 20.6. The van der Waals surface area contributed by atoms with Gasteiger partial charge in [0.1, 0.15) is 5.75 Å². The highest BCUT2D eigenvalue weighted by Crippen LogP contribution is 2.22. The summed E-state index contributed by atoms with van der Waals surface area (Å²) in [6.07, 6.45) is 0. The average Bonchev–Trinajstić information content (AvgIpc) is 2.44. The molecule has 1 atom stereocenters. The van der Waals surface area contributed by atoms with Gasteiger partial charge in [0.25, 0.3) is 0 Å². The maximum Gasteiger partial charge on any atom is 0.119 e. The molecule has 0 aromatic heterocycles. The molecule has 1 saturated heterocycles. The second-order valence-electron chi connectivity index (χ2n) is 5.96. The monoisotopic (exact) mass is 278 g/mol. The van der Waals surface area contributed by atoms with E-state index in [1.807, 2.05) is 19.2 Å². The fraction of sp³-hybridized carbons (Fsp3) is 0.625. The number of ether oxygens (including phenoxy) is 2. The molecular formula is C16H26N2O2. The lowest BCUT2D eigenvalue weighted by Crippen LogP contribution is -2.50. The molecule has 1 aromatic carbocycles. The van der Waals surface area contributed by atoms with Gasteiger partial charge < -0.3 is 14.8 Å². The van der Waals surface area contributed by atoms with Crippen molar-refractivity contribution in [3.8, 4) is 5.75 Å². The van der Waals surface area contributed by atoms with Crippen molar-refractivity contribution >= 4 is 0 Å². The van der Waals surface area contributed by atoms with Gasteiger partial charge in [0.05, 0.1) is 19.3 Å². The van der Waals surface area contributed by atoms with Gasteiger partial charge in [-0.1, -0.05) is 12.1 Å². The highest BCUT2D eigenvalue weighted by Gasteiger charge is 2.28. The smallest absolute Gasteiger partial charge is 0.119 e. The topological polar surface area (TPSA) is 33.7 Å². The van der Waals surface area contributed by atoms with Crippen LogP contribution in [-0.4, -0.2) is 50.9 Å². The molecule has 1 aliphatic heterocycles. The van der Waals surface area contributed by atoms with E-state index < -0.39 is 0 Å². The van der Waals surface area contributed by atoms with E-state index in [1.165, 1.54) is 5.56 Å². The third kappa shape index (κ3) is 3.95. The first kappa shape index (κ1) is 15.3. The van der Waals surface area contributed by atoms with E-state index >= 15 is 0 Å². The molecule has 0 radical (unpaired) electrons. The highest BCUT2D eigenvalue weighted by atomic mass is 16.5. The lowest BCUT2D eigenvalue weighted by Gasteiger charge is -2.39. The highest BCUT2D eigenvalue weighted by molar-refractivity contribution is 5.30. The Bertz CT molecular complexity index is 434. The summed E-state index contributed by atoms with van der Waals surface area (Å²) in [5, 5.41) is 3.41. The maximum atomic E-state index is 5.77. The number of hydrogen-bond donors (Lipinski definition) is 1. The molecule has 1 aliphatic rings. The molecular weight excluding hydrogens is 252 g/mol. The summed E-state index contributed by atoms with van der Waals surface area (Å²) in [6, 6.07) is 8.58. The number of morpholine rings is 1. The van der Waals surface area contributed by atoms with Crippen molar-refractivity contribution in [1.29, 1.82) is 0 Å². The number of nitrogens with one attached hydrogen (secondary N) is 1. The molecule has 0 aliphatic carbocycles. The van der Waals surface area contributed by atoms with Gasteiger partial charge in [0.15, 0.2) is 0 Å². The summed E-state index contributed by atoms with van der Waals surface area (Å²) in [7, 11) is 3.72. The lowest BCUT2D eigenvalue weighted by atomic mass is 10.0. The Labute approximate surface area is 122 Å². The largest absolute Gasteiger partial charge is 0.497 e. The van der Waals surface area contributed by atoms with Crippen molar-refractivity contribution in [3.63, 3.8) is 0 Å². The Morgan fingerprint density at radius 2 is 2.25 bits per heavy atom. The molecule has 0 bridgehead atoms. The van der Waals surface area contributed by atoms with Crippen LogP contribution in [0.3, 0.4) is 0 Å². The van der Waals surface area contributed by atoms with Crippen LogP contribution in [0.2, 0.25) is 0 Å². The molecule has 20 heavy (non-hydrogen) atoms. The van der Waals surface area contributed by atoms with E-state index in [0.717, 1.165) is 32.0 Å². The lowest BCUT2D eigenvalue weighted by molar-refractivity contribution is -0.0875. The van der Waals surface area contributed by atoms with Crippen LogP contribution in [-0.2, 0) is 4.74 Å². The number of methoxy groups -OCH3 is 1. The minimum absolute atomic E-state index is 0.0507. The van der Waals surface area contributed by atoms with Crippen LogP contribution in [0, 0.1) is 0 Å². The van der Waals surface area contributed by atoms with Crippen molar-refractivity contribution in [2.75, 3.05) is 40.4 Å². The fourth-order valence-corrected chi connectivity index (χ4v) is 2.75. The van der Waals surface area contributed by atoms with Crippen LogP contribution in [0.5, 0.6) is 5.75 Å². The zero-order valence-corrected chi connectivity index (χ0v) is 13.0. The van der Waals surface area contributed by atoms with Crippen molar-refractivity contribution in [2.24, 2.45) is 0 Å². The molecule has 0 saturated carbocycles. The van der Waals surface area contributed by atoms with Crippen molar-refractivity contribution in [1.82, 2.24) is 10.2 Å². The predicted molar refractivity (Wildman–Crippen MR) is 81.3 cm³/mol. The SMILES string of the molecule is CNC(CN1CCOC(C)(C)C1)c1cccc(OC)c1. The first-order valence-corrected chi connectivity index (χ1v) is 7.21. The standard InChI is InChI=1S/C16H26N2O2/c1-16(2)12-18(8-9-20-16)11-15(17-3)13-6-5-7-14(10-13)19-4/h5-7,10,15,17H,8-9,11-12H2,1-4H3. The zero-order chi connectivity index (χ0) is 14.6. The first-order chi connectivity index (χ1) is 9.54. The van der Waals surface area contributed by atoms with E-state index in [4.69, 9.17) is 9.47 Å². The van der Waals surface area contributed by atoms with Gasteiger partial charge in [0.2, 0.25) is 0 Å². The number of benzene rings is 1. The minimum atomic E-state index is -0.0507. The Hall–Kier alpha value is -1.10. The Balaban J connectivity index is 2.04. The molecule has 1 fully saturated rings. The van der Waals surface area contributed by atoms with Gasteiger partial charge in [-0.15, -0.1) is 0 Å². The van der Waals surface area contributed by atoms with Crippen LogP contribution in [0.25, 0.3) is 0 Å². The predicted octanol–water partition coefficient (Wildman–Crippen LogP) is 2.07. The Kier molecular flexibility index (Phi) is 5.02. The first-order valence-electron chi connectivity index (χ1n) is 7.21. The summed E-state index contributed by atoms with van der Waals surface area (Å²) in [4.78, 5) is 2.46. The molecule has 0 spiro atoms. The molecule has 4 nitrogen and oxygen atoms in total. The minimum Gasteiger partial charge on any atom is -0.497 e. The van der Waals surface area contributed by atoms with Crippen LogP contribution in [0.1, 0.15) is 25.5 Å². The average molecular weight is 278 g/mol. The molecule has 1 heterocycles.